The van der Waals surface area contributed by atoms with Crippen molar-refractivity contribution in [3.05, 3.63) is 90.5 Å². The van der Waals surface area contributed by atoms with E-state index in [1.165, 1.54) is 0 Å². The second-order valence-electron chi connectivity index (χ2n) is 5.09. The molecule has 0 bridgehead atoms. The van der Waals surface area contributed by atoms with E-state index in [0.29, 0.717) is 12.2 Å². The average molecular weight is 276 g/mol. The monoisotopic (exact) mass is 276 g/mol. The molecule has 0 saturated carbocycles. The van der Waals surface area contributed by atoms with Crippen molar-refractivity contribution in [2.24, 2.45) is 0 Å². The summed E-state index contributed by atoms with van der Waals surface area (Å²) in [5, 5.41) is 0. The molecule has 2 heteroatoms. The Labute approximate surface area is 124 Å². The lowest BCUT2D eigenvalue weighted by atomic mass is 9.78. The molecule has 0 unspecified atom stereocenters. The molecule has 104 valence electrons. The van der Waals surface area contributed by atoms with Gasteiger partial charge in [-0.15, -0.1) is 6.58 Å². The molecule has 0 spiro atoms. The molecule has 3 rings (SSSR count). The van der Waals surface area contributed by atoms with Gasteiger partial charge in [0, 0.05) is 5.56 Å². The van der Waals surface area contributed by atoms with Crippen LogP contribution in [0.5, 0.6) is 0 Å². The largest absolute Gasteiger partial charge is 0.425 e. The Morgan fingerprint density at radius 1 is 1.00 bits per heavy atom. The lowest BCUT2D eigenvalue weighted by Gasteiger charge is -2.22. The van der Waals surface area contributed by atoms with Crippen molar-refractivity contribution in [2.45, 2.75) is 11.8 Å². The molecule has 21 heavy (non-hydrogen) atoms. The Hall–Kier alpha value is -2.61. The van der Waals surface area contributed by atoms with Crippen molar-refractivity contribution >= 4 is 11.7 Å². The van der Waals surface area contributed by atoms with Crippen molar-refractivity contribution in [1.29, 1.82) is 0 Å². The first-order valence-electron chi connectivity index (χ1n) is 6.93. The molecule has 0 radical (unpaired) electrons. The summed E-state index contributed by atoms with van der Waals surface area (Å²) >= 11 is 0. The van der Waals surface area contributed by atoms with Crippen LogP contribution in [0, 0.1) is 0 Å². The first kappa shape index (κ1) is 13.4. The summed E-state index contributed by atoms with van der Waals surface area (Å²) in [4.78, 5) is 12.5. The molecule has 0 aromatic heterocycles. The van der Waals surface area contributed by atoms with E-state index in [4.69, 9.17) is 4.74 Å². The summed E-state index contributed by atoms with van der Waals surface area (Å²) in [7, 11) is 0. The molecule has 1 heterocycles. The van der Waals surface area contributed by atoms with Gasteiger partial charge in [0.15, 0.2) is 0 Å². The van der Waals surface area contributed by atoms with Crippen LogP contribution in [0.15, 0.2) is 79.4 Å². The normalized spacial score (nSPS) is 20.8. The molecule has 1 aliphatic heterocycles. The molecule has 0 amide bonds. The maximum atomic E-state index is 12.5. The number of hydrogen-bond donors (Lipinski definition) is 0. The molecular formula is C19H16O2. The Balaban J connectivity index is 2.10. The van der Waals surface area contributed by atoms with Gasteiger partial charge in [0.25, 0.3) is 0 Å². The third kappa shape index (κ3) is 2.29. The van der Waals surface area contributed by atoms with Crippen LogP contribution in [0.3, 0.4) is 0 Å². The van der Waals surface area contributed by atoms with Crippen molar-refractivity contribution < 1.29 is 9.53 Å². The SMILES string of the molecule is C=CC[C@]1(c2ccccc2)C=C(c2ccccc2)OC1=O. The van der Waals surface area contributed by atoms with Gasteiger partial charge in [0.1, 0.15) is 11.2 Å². The highest BCUT2D eigenvalue weighted by Crippen LogP contribution is 2.41. The highest BCUT2D eigenvalue weighted by Gasteiger charge is 2.44. The van der Waals surface area contributed by atoms with Gasteiger partial charge in [-0.25, -0.2) is 0 Å². The molecule has 1 aliphatic rings. The van der Waals surface area contributed by atoms with E-state index in [1.807, 2.05) is 66.7 Å². The number of carbonyl (C=O) groups is 1. The first-order valence-corrected chi connectivity index (χ1v) is 6.93. The summed E-state index contributed by atoms with van der Waals surface area (Å²) in [5.41, 5.74) is 1.07. The van der Waals surface area contributed by atoms with Crippen molar-refractivity contribution in [1.82, 2.24) is 0 Å². The van der Waals surface area contributed by atoms with Gasteiger partial charge in [-0.1, -0.05) is 66.7 Å². The number of allylic oxidation sites excluding steroid dienone is 1. The Morgan fingerprint density at radius 2 is 1.62 bits per heavy atom. The third-order valence-electron chi connectivity index (χ3n) is 3.76. The molecule has 2 aromatic carbocycles. The summed E-state index contributed by atoms with van der Waals surface area (Å²) in [6.07, 6.45) is 4.20. The van der Waals surface area contributed by atoms with Crippen LogP contribution in [0.4, 0.5) is 0 Å². The van der Waals surface area contributed by atoms with Crippen LogP contribution in [0.2, 0.25) is 0 Å². The molecule has 0 fully saturated rings. The van der Waals surface area contributed by atoms with Crippen molar-refractivity contribution in [3.8, 4) is 0 Å². The molecule has 2 nitrogen and oxygen atoms in total. The third-order valence-corrected chi connectivity index (χ3v) is 3.76. The zero-order valence-corrected chi connectivity index (χ0v) is 11.7. The van der Waals surface area contributed by atoms with E-state index in [0.717, 1.165) is 11.1 Å². The number of ether oxygens (including phenoxy) is 1. The minimum atomic E-state index is -0.770. The molecular weight excluding hydrogens is 260 g/mol. The summed E-state index contributed by atoms with van der Waals surface area (Å²) < 4.78 is 5.54. The van der Waals surface area contributed by atoms with Crippen LogP contribution in [-0.2, 0) is 14.9 Å². The second kappa shape index (κ2) is 5.41. The molecule has 0 N–H and O–H groups in total. The van der Waals surface area contributed by atoms with Crippen LogP contribution in [-0.4, -0.2) is 5.97 Å². The van der Waals surface area contributed by atoms with Gasteiger partial charge in [-0.3, -0.25) is 4.79 Å². The predicted molar refractivity (Wildman–Crippen MR) is 83.4 cm³/mol. The van der Waals surface area contributed by atoms with E-state index in [9.17, 15) is 4.79 Å². The van der Waals surface area contributed by atoms with Gasteiger partial charge in [0.2, 0.25) is 0 Å². The number of esters is 1. The molecule has 0 saturated heterocycles. The number of rotatable bonds is 4. The lowest BCUT2D eigenvalue weighted by Crippen LogP contribution is -2.30. The zero-order chi connectivity index (χ0) is 14.7. The number of carbonyl (C=O) groups excluding carboxylic acids is 1. The van der Waals surface area contributed by atoms with E-state index in [2.05, 4.69) is 6.58 Å². The highest BCUT2D eigenvalue weighted by atomic mass is 16.5. The number of hydrogen-bond acceptors (Lipinski definition) is 2. The fourth-order valence-corrected chi connectivity index (χ4v) is 2.67. The predicted octanol–water partition coefficient (Wildman–Crippen LogP) is 4.10. The van der Waals surface area contributed by atoms with Gasteiger partial charge >= 0.3 is 5.97 Å². The smallest absolute Gasteiger partial charge is 0.326 e. The second-order valence-corrected chi connectivity index (χ2v) is 5.09. The summed E-state index contributed by atoms with van der Waals surface area (Å²) in [6.45, 7) is 3.79. The minimum Gasteiger partial charge on any atom is -0.425 e. The Bertz CT molecular complexity index is 686. The van der Waals surface area contributed by atoms with E-state index in [-0.39, 0.29) is 5.97 Å². The maximum absolute atomic E-state index is 12.5. The van der Waals surface area contributed by atoms with Gasteiger partial charge in [0.05, 0.1) is 0 Å². The van der Waals surface area contributed by atoms with Crippen LogP contribution in [0.25, 0.3) is 5.76 Å². The van der Waals surface area contributed by atoms with Gasteiger partial charge in [-0.05, 0) is 18.1 Å². The van der Waals surface area contributed by atoms with Crippen molar-refractivity contribution in [2.75, 3.05) is 0 Å². The molecule has 1 atom stereocenters. The first-order chi connectivity index (χ1) is 10.3. The number of benzene rings is 2. The topological polar surface area (TPSA) is 26.3 Å². The maximum Gasteiger partial charge on any atom is 0.326 e. The standard InChI is InChI=1S/C19H16O2/c1-2-13-19(16-11-7-4-8-12-16)14-17(21-18(19)20)15-9-5-3-6-10-15/h2-12,14H,1,13H2/t19-/m1/s1. The van der Waals surface area contributed by atoms with Gasteiger partial charge in [-0.2, -0.15) is 0 Å². The van der Waals surface area contributed by atoms with E-state index < -0.39 is 5.41 Å². The fraction of sp³-hybridized carbons (Fsp3) is 0.105. The quantitative estimate of drug-likeness (QED) is 0.621. The van der Waals surface area contributed by atoms with E-state index >= 15 is 0 Å². The minimum absolute atomic E-state index is 0.243. The lowest BCUT2D eigenvalue weighted by molar-refractivity contribution is -0.139. The van der Waals surface area contributed by atoms with Crippen LogP contribution in [0.1, 0.15) is 17.5 Å². The Morgan fingerprint density at radius 3 is 2.24 bits per heavy atom. The zero-order valence-electron chi connectivity index (χ0n) is 11.7. The fourth-order valence-electron chi connectivity index (χ4n) is 2.67. The average Bonchev–Trinajstić information content (AvgIpc) is 2.88. The van der Waals surface area contributed by atoms with Crippen molar-refractivity contribution in [3.63, 3.8) is 0 Å². The highest BCUT2D eigenvalue weighted by molar-refractivity contribution is 5.96. The Kier molecular flexibility index (Phi) is 3.44. The van der Waals surface area contributed by atoms with E-state index in [1.54, 1.807) is 6.08 Å². The summed E-state index contributed by atoms with van der Waals surface area (Å²) in [5.74, 6) is 0.374. The van der Waals surface area contributed by atoms with Gasteiger partial charge < -0.3 is 4.74 Å². The number of cyclic esters (lactones) is 1. The molecule has 0 aliphatic carbocycles. The van der Waals surface area contributed by atoms with Crippen LogP contribution >= 0.6 is 0 Å². The molecule has 2 aromatic rings. The van der Waals surface area contributed by atoms with Crippen LogP contribution < -0.4 is 0 Å². The summed E-state index contributed by atoms with van der Waals surface area (Å²) in [6, 6.07) is 19.4.